The normalized spacial score (nSPS) is 15.7. The van der Waals surface area contributed by atoms with Gasteiger partial charge in [-0.3, -0.25) is 9.80 Å². The predicted octanol–water partition coefficient (Wildman–Crippen LogP) is 4.92. The van der Waals surface area contributed by atoms with Crippen molar-refractivity contribution in [3.8, 4) is 5.75 Å². The molecule has 1 aliphatic heterocycles. The Balaban J connectivity index is 1.49. The van der Waals surface area contributed by atoms with E-state index >= 15 is 0 Å². The van der Waals surface area contributed by atoms with E-state index in [4.69, 9.17) is 0 Å². The van der Waals surface area contributed by atoms with Crippen LogP contribution in [0.1, 0.15) is 33.9 Å². The van der Waals surface area contributed by atoms with E-state index in [0.29, 0.717) is 11.8 Å². The van der Waals surface area contributed by atoms with E-state index in [9.17, 15) is 5.11 Å². The van der Waals surface area contributed by atoms with Gasteiger partial charge in [0.15, 0.2) is 0 Å². The quantitative estimate of drug-likeness (QED) is 0.674. The Kier molecular flexibility index (Phi) is 5.98. The first-order chi connectivity index (χ1) is 14.1. The van der Waals surface area contributed by atoms with Crippen LogP contribution in [0.3, 0.4) is 0 Å². The van der Waals surface area contributed by atoms with Crippen LogP contribution in [-0.2, 0) is 6.54 Å². The Morgan fingerprint density at radius 1 is 0.690 bits per heavy atom. The van der Waals surface area contributed by atoms with Crippen LogP contribution in [-0.4, -0.2) is 41.1 Å². The van der Waals surface area contributed by atoms with Gasteiger partial charge in [-0.1, -0.05) is 71.8 Å². The van der Waals surface area contributed by atoms with E-state index in [1.807, 2.05) is 12.1 Å². The van der Waals surface area contributed by atoms with Crippen LogP contribution < -0.4 is 0 Å². The van der Waals surface area contributed by atoms with Gasteiger partial charge in [-0.05, 0) is 42.7 Å². The average Bonchev–Trinajstić information content (AvgIpc) is 2.74. The lowest BCUT2D eigenvalue weighted by Crippen LogP contribution is -2.47. The SMILES string of the molecule is Cc1ccc(C(c2ccc(C)cc2)N2CCN(Cc3ccc(O)cc3)CC2)cc1. The molecule has 3 heteroatoms. The molecule has 29 heavy (non-hydrogen) atoms. The van der Waals surface area contributed by atoms with Crippen molar-refractivity contribution >= 4 is 0 Å². The third-order valence-corrected chi connectivity index (χ3v) is 5.90. The first-order valence-corrected chi connectivity index (χ1v) is 10.5. The minimum atomic E-state index is 0.298. The Bertz CT molecular complexity index is 863. The molecule has 1 heterocycles. The van der Waals surface area contributed by atoms with Gasteiger partial charge in [0.2, 0.25) is 0 Å². The van der Waals surface area contributed by atoms with Crippen LogP contribution in [0.5, 0.6) is 5.75 Å². The zero-order valence-electron chi connectivity index (χ0n) is 17.4. The van der Waals surface area contributed by atoms with E-state index < -0.39 is 0 Å². The lowest BCUT2D eigenvalue weighted by Gasteiger charge is -2.40. The third kappa shape index (κ3) is 4.87. The summed E-state index contributed by atoms with van der Waals surface area (Å²) >= 11 is 0. The number of nitrogens with zero attached hydrogens (tertiary/aromatic N) is 2. The van der Waals surface area contributed by atoms with Crippen LogP contribution in [0.2, 0.25) is 0 Å². The van der Waals surface area contributed by atoms with Crippen LogP contribution in [0, 0.1) is 13.8 Å². The van der Waals surface area contributed by atoms with Crippen molar-refractivity contribution in [2.75, 3.05) is 26.2 Å². The fraction of sp³-hybridized carbons (Fsp3) is 0.308. The second-order valence-electron chi connectivity index (χ2n) is 8.20. The van der Waals surface area contributed by atoms with Gasteiger partial charge in [0.25, 0.3) is 0 Å². The minimum absolute atomic E-state index is 0.298. The monoisotopic (exact) mass is 386 g/mol. The molecule has 0 bridgehead atoms. The number of hydrogen-bond acceptors (Lipinski definition) is 3. The third-order valence-electron chi connectivity index (χ3n) is 5.90. The molecule has 0 spiro atoms. The fourth-order valence-corrected chi connectivity index (χ4v) is 4.15. The number of aryl methyl sites for hydroxylation is 2. The van der Waals surface area contributed by atoms with E-state index in [-0.39, 0.29) is 0 Å². The standard InChI is InChI=1S/C26H30N2O/c1-20-3-9-23(10-4-20)26(24-11-5-21(2)6-12-24)28-17-15-27(16-18-28)19-22-7-13-25(29)14-8-22/h3-14,26,29H,15-19H2,1-2H3. The second kappa shape index (κ2) is 8.81. The summed E-state index contributed by atoms with van der Waals surface area (Å²) in [5, 5.41) is 9.49. The van der Waals surface area contributed by atoms with Crippen molar-refractivity contribution in [3.63, 3.8) is 0 Å². The zero-order chi connectivity index (χ0) is 20.2. The van der Waals surface area contributed by atoms with E-state index in [2.05, 4.69) is 72.2 Å². The number of phenols is 1. The summed E-state index contributed by atoms with van der Waals surface area (Å²) in [6.07, 6.45) is 0. The summed E-state index contributed by atoms with van der Waals surface area (Å²) in [5.74, 6) is 0.331. The number of phenolic OH excluding ortho intramolecular Hbond substituents is 1. The van der Waals surface area contributed by atoms with E-state index in [1.54, 1.807) is 12.1 Å². The molecule has 3 aromatic carbocycles. The van der Waals surface area contributed by atoms with Crippen LogP contribution in [0.25, 0.3) is 0 Å². The van der Waals surface area contributed by atoms with Gasteiger partial charge in [0.1, 0.15) is 5.75 Å². The Labute approximate surface area is 174 Å². The lowest BCUT2D eigenvalue weighted by atomic mass is 9.95. The van der Waals surface area contributed by atoms with Gasteiger partial charge in [-0.25, -0.2) is 0 Å². The highest BCUT2D eigenvalue weighted by Crippen LogP contribution is 2.30. The molecule has 1 N–H and O–H groups in total. The Hall–Kier alpha value is -2.62. The van der Waals surface area contributed by atoms with Crippen LogP contribution in [0.4, 0.5) is 0 Å². The van der Waals surface area contributed by atoms with Crippen LogP contribution in [0.15, 0.2) is 72.8 Å². The van der Waals surface area contributed by atoms with Crippen molar-refractivity contribution in [3.05, 3.63) is 101 Å². The molecule has 4 rings (SSSR count). The van der Waals surface area contributed by atoms with Gasteiger partial charge in [0.05, 0.1) is 6.04 Å². The molecule has 1 saturated heterocycles. The van der Waals surface area contributed by atoms with E-state index in [1.165, 1.54) is 27.8 Å². The second-order valence-corrected chi connectivity index (χ2v) is 8.20. The molecule has 0 amide bonds. The molecule has 0 radical (unpaired) electrons. The smallest absolute Gasteiger partial charge is 0.115 e. The van der Waals surface area contributed by atoms with Crippen molar-refractivity contribution in [2.24, 2.45) is 0 Å². The largest absolute Gasteiger partial charge is 0.508 e. The first-order valence-electron chi connectivity index (χ1n) is 10.5. The summed E-state index contributed by atoms with van der Waals surface area (Å²) in [4.78, 5) is 5.12. The highest BCUT2D eigenvalue weighted by Gasteiger charge is 2.26. The molecular weight excluding hydrogens is 356 g/mol. The summed E-state index contributed by atoms with van der Waals surface area (Å²) in [6.45, 7) is 9.42. The molecule has 3 aromatic rings. The van der Waals surface area contributed by atoms with Crippen LogP contribution >= 0.6 is 0 Å². The maximum atomic E-state index is 9.49. The molecule has 1 aliphatic rings. The molecule has 3 nitrogen and oxygen atoms in total. The minimum Gasteiger partial charge on any atom is -0.508 e. The van der Waals surface area contributed by atoms with Gasteiger partial charge in [-0.15, -0.1) is 0 Å². The molecule has 0 atom stereocenters. The lowest BCUT2D eigenvalue weighted by molar-refractivity contribution is 0.105. The summed E-state index contributed by atoms with van der Waals surface area (Å²) in [6, 6.07) is 25.9. The number of aromatic hydroxyl groups is 1. The predicted molar refractivity (Wildman–Crippen MR) is 119 cm³/mol. The Morgan fingerprint density at radius 2 is 1.17 bits per heavy atom. The summed E-state index contributed by atoms with van der Waals surface area (Å²) in [5.41, 5.74) is 6.59. The van der Waals surface area contributed by atoms with Crippen molar-refractivity contribution in [1.82, 2.24) is 9.80 Å². The molecule has 0 saturated carbocycles. The number of benzene rings is 3. The highest BCUT2D eigenvalue weighted by molar-refractivity contribution is 5.35. The molecular formula is C26H30N2O. The van der Waals surface area contributed by atoms with Crippen molar-refractivity contribution in [2.45, 2.75) is 26.4 Å². The molecule has 0 aliphatic carbocycles. The van der Waals surface area contributed by atoms with Crippen molar-refractivity contribution in [1.29, 1.82) is 0 Å². The summed E-state index contributed by atoms with van der Waals surface area (Å²) in [7, 11) is 0. The first kappa shape index (κ1) is 19.7. The number of hydrogen-bond donors (Lipinski definition) is 1. The average molecular weight is 387 g/mol. The fourth-order valence-electron chi connectivity index (χ4n) is 4.15. The number of piperazine rings is 1. The van der Waals surface area contributed by atoms with Crippen molar-refractivity contribution < 1.29 is 5.11 Å². The summed E-state index contributed by atoms with van der Waals surface area (Å²) < 4.78 is 0. The molecule has 1 fully saturated rings. The molecule has 0 aromatic heterocycles. The maximum Gasteiger partial charge on any atom is 0.115 e. The van der Waals surface area contributed by atoms with Gasteiger partial charge in [0, 0.05) is 32.7 Å². The topological polar surface area (TPSA) is 26.7 Å². The van der Waals surface area contributed by atoms with Gasteiger partial charge < -0.3 is 5.11 Å². The van der Waals surface area contributed by atoms with Gasteiger partial charge >= 0.3 is 0 Å². The molecule has 150 valence electrons. The maximum absolute atomic E-state index is 9.49. The number of rotatable bonds is 5. The van der Waals surface area contributed by atoms with Gasteiger partial charge in [-0.2, -0.15) is 0 Å². The zero-order valence-corrected chi connectivity index (χ0v) is 17.4. The highest BCUT2D eigenvalue weighted by atomic mass is 16.3. The van der Waals surface area contributed by atoms with E-state index in [0.717, 1.165) is 32.7 Å². The Morgan fingerprint density at radius 3 is 1.66 bits per heavy atom. The molecule has 0 unspecified atom stereocenters.